The molecule has 0 aliphatic rings. The lowest BCUT2D eigenvalue weighted by atomic mass is 10.1. The average Bonchev–Trinajstić information content (AvgIpc) is 2.32. The van der Waals surface area contributed by atoms with Gasteiger partial charge in [-0.05, 0) is 31.0 Å². The normalized spacial score (nSPS) is 10.2. The largest absolute Gasteiger partial charge is 0.481 e. The molecule has 0 aliphatic carbocycles. The number of benzene rings is 1. The minimum absolute atomic E-state index is 0.00694. The zero-order chi connectivity index (χ0) is 14.4. The molecule has 0 atom stereocenters. The van der Waals surface area contributed by atoms with Crippen LogP contribution in [0.2, 0.25) is 0 Å². The van der Waals surface area contributed by atoms with Crippen LogP contribution in [0.15, 0.2) is 18.2 Å². The first-order chi connectivity index (χ1) is 8.90. The van der Waals surface area contributed by atoms with Crippen LogP contribution in [0, 0.1) is 13.8 Å². The van der Waals surface area contributed by atoms with E-state index >= 15 is 0 Å². The Morgan fingerprint density at radius 2 is 1.58 bits per heavy atom. The van der Waals surface area contributed by atoms with Gasteiger partial charge in [0, 0.05) is 18.8 Å². The number of aliphatic carboxylic acids is 2. The molecule has 1 aromatic carbocycles. The summed E-state index contributed by atoms with van der Waals surface area (Å²) in [4.78, 5) is 23.2. The number of rotatable bonds is 7. The molecule has 104 valence electrons. The number of carboxylic acid groups (broad SMARTS) is 2. The summed E-state index contributed by atoms with van der Waals surface area (Å²) in [7, 11) is 0. The van der Waals surface area contributed by atoms with Gasteiger partial charge >= 0.3 is 11.9 Å². The van der Waals surface area contributed by atoms with Gasteiger partial charge in [-0.1, -0.05) is 12.1 Å². The molecule has 0 bridgehead atoms. The summed E-state index contributed by atoms with van der Waals surface area (Å²) in [5, 5.41) is 17.5. The van der Waals surface area contributed by atoms with Gasteiger partial charge in [0.05, 0.1) is 12.8 Å². The van der Waals surface area contributed by atoms with Crippen LogP contribution >= 0.6 is 0 Å². The summed E-state index contributed by atoms with van der Waals surface area (Å²) < 4.78 is 0. The van der Waals surface area contributed by atoms with Crippen molar-refractivity contribution in [3.8, 4) is 0 Å². The molecule has 5 nitrogen and oxygen atoms in total. The Balaban J connectivity index is 2.89. The van der Waals surface area contributed by atoms with Gasteiger partial charge in [-0.15, -0.1) is 0 Å². The minimum atomic E-state index is -0.884. The van der Waals surface area contributed by atoms with Crippen molar-refractivity contribution in [1.29, 1.82) is 0 Å². The van der Waals surface area contributed by atoms with E-state index in [9.17, 15) is 9.59 Å². The Hall–Kier alpha value is -2.04. The van der Waals surface area contributed by atoms with Crippen molar-refractivity contribution < 1.29 is 19.8 Å². The molecular weight excluding hydrogens is 246 g/mol. The van der Waals surface area contributed by atoms with E-state index in [1.54, 1.807) is 0 Å². The van der Waals surface area contributed by atoms with Gasteiger partial charge in [-0.2, -0.15) is 0 Å². The maximum absolute atomic E-state index is 10.7. The highest BCUT2D eigenvalue weighted by atomic mass is 16.4. The van der Waals surface area contributed by atoms with Crippen LogP contribution in [0.3, 0.4) is 0 Å². The molecule has 0 aliphatic heterocycles. The van der Waals surface area contributed by atoms with E-state index in [0.29, 0.717) is 13.1 Å². The summed E-state index contributed by atoms with van der Waals surface area (Å²) in [6.07, 6.45) is -0.0139. The molecule has 19 heavy (non-hydrogen) atoms. The minimum Gasteiger partial charge on any atom is -0.481 e. The van der Waals surface area contributed by atoms with Crippen LogP contribution in [0.25, 0.3) is 0 Å². The van der Waals surface area contributed by atoms with Gasteiger partial charge < -0.3 is 15.1 Å². The van der Waals surface area contributed by atoms with Crippen molar-refractivity contribution >= 4 is 17.6 Å². The summed E-state index contributed by atoms with van der Waals surface area (Å²) in [6.45, 7) is 4.51. The first kappa shape index (κ1) is 15.0. The van der Waals surface area contributed by atoms with E-state index in [1.807, 2.05) is 36.9 Å². The van der Waals surface area contributed by atoms with Crippen molar-refractivity contribution in [3.63, 3.8) is 0 Å². The van der Waals surface area contributed by atoms with Crippen molar-refractivity contribution in [2.24, 2.45) is 0 Å². The quantitative estimate of drug-likeness (QED) is 0.789. The van der Waals surface area contributed by atoms with Gasteiger partial charge in [-0.25, -0.2) is 0 Å². The van der Waals surface area contributed by atoms with Crippen LogP contribution in [-0.2, 0) is 9.59 Å². The predicted octanol–water partition coefficient (Wildman–Crippen LogP) is 2.06. The third kappa shape index (κ3) is 4.99. The van der Waals surface area contributed by atoms with E-state index in [4.69, 9.17) is 10.2 Å². The lowest BCUT2D eigenvalue weighted by Crippen LogP contribution is -2.29. The fourth-order valence-electron chi connectivity index (χ4n) is 1.87. The zero-order valence-corrected chi connectivity index (χ0v) is 11.2. The third-order valence-electron chi connectivity index (χ3n) is 2.90. The SMILES string of the molecule is Cc1ccc(C)c(N(CCC(=O)O)CCC(=O)O)c1. The van der Waals surface area contributed by atoms with Crippen LogP contribution < -0.4 is 4.90 Å². The summed E-state index contributed by atoms with van der Waals surface area (Å²) in [5.41, 5.74) is 2.99. The monoisotopic (exact) mass is 265 g/mol. The number of hydrogen-bond donors (Lipinski definition) is 2. The fraction of sp³-hybridized carbons (Fsp3) is 0.429. The van der Waals surface area contributed by atoms with Gasteiger partial charge in [0.1, 0.15) is 0 Å². The molecule has 0 aromatic heterocycles. The Kier molecular flexibility index (Phi) is 5.36. The lowest BCUT2D eigenvalue weighted by Gasteiger charge is -2.25. The number of aryl methyl sites for hydroxylation is 2. The maximum Gasteiger partial charge on any atom is 0.305 e. The lowest BCUT2D eigenvalue weighted by molar-refractivity contribution is -0.137. The van der Waals surface area contributed by atoms with Crippen molar-refractivity contribution in [2.75, 3.05) is 18.0 Å². The molecule has 0 saturated carbocycles. The van der Waals surface area contributed by atoms with E-state index in [0.717, 1.165) is 16.8 Å². The molecule has 0 amide bonds. The zero-order valence-electron chi connectivity index (χ0n) is 11.2. The highest BCUT2D eigenvalue weighted by molar-refractivity contribution is 5.69. The first-order valence-electron chi connectivity index (χ1n) is 6.16. The Morgan fingerprint density at radius 3 is 2.05 bits per heavy atom. The van der Waals surface area contributed by atoms with E-state index < -0.39 is 11.9 Å². The second-order valence-electron chi connectivity index (χ2n) is 4.56. The van der Waals surface area contributed by atoms with E-state index in [2.05, 4.69) is 0 Å². The van der Waals surface area contributed by atoms with Crippen LogP contribution in [0.1, 0.15) is 24.0 Å². The molecule has 0 heterocycles. The molecule has 1 rings (SSSR count). The Morgan fingerprint density at radius 1 is 1.05 bits per heavy atom. The summed E-state index contributed by atoms with van der Waals surface area (Å²) >= 11 is 0. The molecule has 5 heteroatoms. The number of nitrogens with zero attached hydrogens (tertiary/aromatic N) is 1. The molecule has 0 saturated heterocycles. The smallest absolute Gasteiger partial charge is 0.305 e. The van der Waals surface area contributed by atoms with Gasteiger partial charge in [0.25, 0.3) is 0 Å². The fourth-order valence-corrected chi connectivity index (χ4v) is 1.87. The summed E-state index contributed by atoms with van der Waals surface area (Å²) in [6, 6.07) is 5.89. The van der Waals surface area contributed by atoms with Crippen molar-refractivity contribution in [1.82, 2.24) is 0 Å². The maximum atomic E-state index is 10.7. The number of carbonyl (C=O) groups is 2. The molecule has 1 aromatic rings. The molecule has 0 fully saturated rings. The van der Waals surface area contributed by atoms with Gasteiger partial charge in [-0.3, -0.25) is 9.59 Å². The highest BCUT2D eigenvalue weighted by Crippen LogP contribution is 2.22. The topological polar surface area (TPSA) is 77.8 Å². The average molecular weight is 265 g/mol. The standard InChI is InChI=1S/C14H19NO4/c1-10-3-4-11(2)12(9-10)15(7-5-13(16)17)8-6-14(18)19/h3-4,9H,5-8H2,1-2H3,(H,16,17)(H,18,19). The molecule has 0 unspecified atom stereocenters. The molecule has 0 radical (unpaired) electrons. The van der Waals surface area contributed by atoms with Gasteiger partial charge in [0.2, 0.25) is 0 Å². The molecule has 2 N–H and O–H groups in total. The first-order valence-corrected chi connectivity index (χ1v) is 6.16. The second-order valence-corrected chi connectivity index (χ2v) is 4.56. The highest BCUT2D eigenvalue weighted by Gasteiger charge is 2.12. The second kappa shape index (κ2) is 6.78. The predicted molar refractivity (Wildman–Crippen MR) is 72.6 cm³/mol. The third-order valence-corrected chi connectivity index (χ3v) is 2.90. The summed E-state index contributed by atoms with van der Waals surface area (Å²) in [5.74, 6) is -1.77. The van der Waals surface area contributed by atoms with Crippen molar-refractivity contribution in [3.05, 3.63) is 29.3 Å². The number of hydrogen-bond acceptors (Lipinski definition) is 3. The van der Waals surface area contributed by atoms with Crippen LogP contribution in [0.5, 0.6) is 0 Å². The Labute approximate surface area is 112 Å². The van der Waals surface area contributed by atoms with E-state index in [-0.39, 0.29) is 12.8 Å². The molecular formula is C14H19NO4. The van der Waals surface area contributed by atoms with Crippen LogP contribution in [-0.4, -0.2) is 35.2 Å². The Bertz CT molecular complexity index is 453. The van der Waals surface area contributed by atoms with E-state index in [1.165, 1.54) is 0 Å². The number of carboxylic acids is 2. The van der Waals surface area contributed by atoms with Gasteiger partial charge in [0.15, 0.2) is 0 Å². The number of anilines is 1. The van der Waals surface area contributed by atoms with Crippen molar-refractivity contribution in [2.45, 2.75) is 26.7 Å². The molecule has 0 spiro atoms. The van der Waals surface area contributed by atoms with Crippen LogP contribution in [0.4, 0.5) is 5.69 Å².